The Morgan fingerprint density at radius 1 is 1.42 bits per heavy atom. The molecule has 2 rings (SSSR count). The van der Waals surface area contributed by atoms with Crippen molar-refractivity contribution in [2.24, 2.45) is 0 Å². The SMILES string of the molecule is CCN(CCOc1ccc(Cl)cc1)C(=O)NCCc1nc(N)n[nH]1. The number of nitrogens with one attached hydrogen (secondary N) is 2. The van der Waals surface area contributed by atoms with Crippen molar-refractivity contribution in [2.75, 3.05) is 32.0 Å². The van der Waals surface area contributed by atoms with Crippen molar-refractivity contribution in [3.8, 4) is 5.75 Å². The first-order valence-corrected chi connectivity index (χ1v) is 8.04. The van der Waals surface area contributed by atoms with Gasteiger partial charge in [-0.05, 0) is 31.2 Å². The van der Waals surface area contributed by atoms with Gasteiger partial charge in [-0.15, -0.1) is 5.10 Å². The number of urea groups is 1. The van der Waals surface area contributed by atoms with Crippen molar-refractivity contribution < 1.29 is 9.53 Å². The number of carbonyl (C=O) groups is 1. The highest BCUT2D eigenvalue weighted by molar-refractivity contribution is 6.30. The largest absolute Gasteiger partial charge is 0.492 e. The summed E-state index contributed by atoms with van der Waals surface area (Å²) in [6.45, 7) is 3.84. The van der Waals surface area contributed by atoms with Gasteiger partial charge in [0.1, 0.15) is 18.2 Å². The van der Waals surface area contributed by atoms with E-state index in [0.717, 1.165) is 5.75 Å². The summed E-state index contributed by atoms with van der Waals surface area (Å²) in [5.74, 6) is 1.56. The number of nitrogens with two attached hydrogens (primary N) is 1. The van der Waals surface area contributed by atoms with Gasteiger partial charge in [-0.1, -0.05) is 11.6 Å². The zero-order valence-corrected chi connectivity index (χ0v) is 14.2. The Morgan fingerprint density at radius 3 is 2.79 bits per heavy atom. The third-order valence-electron chi connectivity index (χ3n) is 3.30. The number of likely N-dealkylation sites (N-methyl/N-ethyl adjacent to an activating group) is 1. The molecule has 0 saturated heterocycles. The first kappa shape index (κ1) is 17.9. The van der Waals surface area contributed by atoms with Gasteiger partial charge >= 0.3 is 6.03 Å². The molecule has 8 nitrogen and oxygen atoms in total. The first-order valence-electron chi connectivity index (χ1n) is 7.66. The monoisotopic (exact) mass is 352 g/mol. The van der Waals surface area contributed by atoms with Gasteiger partial charge in [0.25, 0.3) is 0 Å². The Morgan fingerprint density at radius 2 is 2.17 bits per heavy atom. The van der Waals surface area contributed by atoms with E-state index in [1.54, 1.807) is 29.2 Å². The molecule has 1 aromatic carbocycles. The van der Waals surface area contributed by atoms with E-state index in [0.29, 0.717) is 43.5 Å². The molecule has 0 saturated carbocycles. The first-order chi connectivity index (χ1) is 11.6. The molecule has 2 aromatic rings. The number of benzene rings is 1. The van der Waals surface area contributed by atoms with Crippen LogP contribution in [0.2, 0.25) is 5.02 Å². The van der Waals surface area contributed by atoms with Crippen LogP contribution in [-0.4, -0.2) is 52.4 Å². The molecular weight excluding hydrogens is 332 g/mol. The summed E-state index contributed by atoms with van der Waals surface area (Å²) >= 11 is 5.82. The fourth-order valence-electron chi connectivity index (χ4n) is 2.03. The lowest BCUT2D eigenvalue weighted by atomic mass is 10.3. The third kappa shape index (κ3) is 5.62. The number of nitrogens with zero attached hydrogens (tertiary/aromatic N) is 3. The maximum atomic E-state index is 12.1. The molecule has 0 atom stereocenters. The second-order valence-corrected chi connectivity index (χ2v) is 5.44. The normalized spacial score (nSPS) is 10.4. The fourth-order valence-corrected chi connectivity index (χ4v) is 2.16. The van der Waals surface area contributed by atoms with Gasteiger partial charge in [0.15, 0.2) is 0 Å². The molecule has 0 radical (unpaired) electrons. The maximum Gasteiger partial charge on any atom is 0.317 e. The van der Waals surface area contributed by atoms with Crippen LogP contribution in [0.15, 0.2) is 24.3 Å². The van der Waals surface area contributed by atoms with Crippen molar-refractivity contribution in [3.63, 3.8) is 0 Å². The predicted molar refractivity (Wildman–Crippen MR) is 92.1 cm³/mol. The van der Waals surface area contributed by atoms with Crippen LogP contribution in [0, 0.1) is 0 Å². The summed E-state index contributed by atoms with van der Waals surface area (Å²) < 4.78 is 5.60. The molecule has 24 heavy (non-hydrogen) atoms. The molecule has 130 valence electrons. The van der Waals surface area contributed by atoms with Crippen molar-refractivity contribution in [1.82, 2.24) is 25.4 Å². The summed E-state index contributed by atoms with van der Waals surface area (Å²) in [6, 6.07) is 6.96. The number of halogens is 1. The molecule has 0 aliphatic rings. The van der Waals surface area contributed by atoms with E-state index >= 15 is 0 Å². The van der Waals surface area contributed by atoms with Crippen LogP contribution in [0.5, 0.6) is 5.75 Å². The third-order valence-corrected chi connectivity index (χ3v) is 3.55. The lowest BCUT2D eigenvalue weighted by molar-refractivity contribution is 0.185. The molecule has 0 aliphatic carbocycles. The predicted octanol–water partition coefficient (Wildman–Crippen LogP) is 1.69. The average molecular weight is 353 g/mol. The number of carbonyl (C=O) groups excluding carboxylic acids is 1. The number of rotatable bonds is 8. The highest BCUT2D eigenvalue weighted by atomic mass is 35.5. The molecule has 4 N–H and O–H groups in total. The van der Waals surface area contributed by atoms with Crippen LogP contribution in [0.3, 0.4) is 0 Å². The van der Waals surface area contributed by atoms with E-state index < -0.39 is 0 Å². The van der Waals surface area contributed by atoms with Gasteiger partial charge in [0, 0.05) is 24.5 Å². The minimum Gasteiger partial charge on any atom is -0.492 e. The number of aromatic amines is 1. The molecule has 0 bridgehead atoms. The number of anilines is 1. The van der Waals surface area contributed by atoms with Gasteiger partial charge in [0.2, 0.25) is 5.95 Å². The Kier molecular flexibility index (Phi) is 6.68. The molecule has 0 fully saturated rings. The number of amides is 2. The Hall–Kier alpha value is -2.48. The van der Waals surface area contributed by atoms with Crippen LogP contribution >= 0.6 is 11.6 Å². The van der Waals surface area contributed by atoms with Gasteiger partial charge < -0.3 is 20.7 Å². The molecule has 1 heterocycles. The van der Waals surface area contributed by atoms with E-state index in [1.165, 1.54) is 0 Å². The van der Waals surface area contributed by atoms with E-state index in [1.807, 2.05) is 6.92 Å². The van der Waals surface area contributed by atoms with Crippen molar-refractivity contribution >= 4 is 23.6 Å². The summed E-state index contributed by atoms with van der Waals surface area (Å²) in [4.78, 5) is 17.8. The molecule has 0 unspecified atom stereocenters. The number of H-pyrrole nitrogens is 1. The number of hydrogen-bond acceptors (Lipinski definition) is 5. The highest BCUT2D eigenvalue weighted by Crippen LogP contribution is 2.15. The van der Waals surface area contributed by atoms with E-state index in [9.17, 15) is 4.79 Å². The van der Waals surface area contributed by atoms with E-state index in [4.69, 9.17) is 22.1 Å². The van der Waals surface area contributed by atoms with Crippen molar-refractivity contribution in [1.29, 1.82) is 0 Å². The van der Waals surface area contributed by atoms with Crippen molar-refractivity contribution in [2.45, 2.75) is 13.3 Å². The van der Waals surface area contributed by atoms with Gasteiger partial charge in [0.05, 0.1) is 6.54 Å². The van der Waals surface area contributed by atoms with Crippen LogP contribution in [0.4, 0.5) is 10.7 Å². The van der Waals surface area contributed by atoms with Gasteiger partial charge in [-0.3, -0.25) is 5.10 Å². The standard InChI is InChI=1S/C15H21ClN6O2/c1-2-22(9-10-24-12-5-3-11(16)4-6-12)15(23)18-8-7-13-19-14(17)21-20-13/h3-6H,2,7-10H2,1H3,(H,18,23)(H3,17,19,20,21). The van der Waals surface area contributed by atoms with Crippen LogP contribution < -0.4 is 15.8 Å². The van der Waals surface area contributed by atoms with Crippen molar-refractivity contribution in [3.05, 3.63) is 35.1 Å². The Labute approximate surface area is 145 Å². The average Bonchev–Trinajstić information content (AvgIpc) is 2.98. The smallest absolute Gasteiger partial charge is 0.317 e. The lowest BCUT2D eigenvalue weighted by Crippen LogP contribution is -2.42. The second-order valence-electron chi connectivity index (χ2n) is 5.00. The minimum atomic E-state index is -0.148. The summed E-state index contributed by atoms with van der Waals surface area (Å²) in [7, 11) is 0. The lowest BCUT2D eigenvalue weighted by Gasteiger charge is -2.21. The summed E-state index contributed by atoms with van der Waals surface area (Å²) in [6.07, 6.45) is 0.536. The quantitative estimate of drug-likeness (QED) is 0.669. The number of aromatic nitrogens is 3. The van der Waals surface area contributed by atoms with Gasteiger partial charge in [-0.2, -0.15) is 4.98 Å². The number of nitrogen functional groups attached to an aromatic ring is 1. The molecule has 0 spiro atoms. The fraction of sp³-hybridized carbons (Fsp3) is 0.400. The van der Waals surface area contributed by atoms with Crippen LogP contribution in [0.25, 0.3) is 0 Å². The summed E-state index contributed by atoms with van der Waals surface area (Å²) in [5.41, 5.74) is 5.42. The summed E-state index contributed by atoms with van der Waals surface area (Å²) in [5, 5.41) is 9.92. The molecule has 9 heteroatoms. The molecule has 2 amide bonds. The highest BCUT2D eigenvalue weighted by Gasteiger charge is 2.11. The Balaban J connectivity index is 1.69. The van der Waals surface area contributed by atoms with Crippen LogP contribution in [0.1, 0.15) is 12.7 Å². The molecular formula is C15H21ClN6O2. The van der Waals surface area contributed by atoms with E-state index in [2.05, 4.69) is 20.5 Å². The van der Waals surface area contributed by atoms with Gasteiger partial charge in [-0.25, -0.2) is 4.79 Å². The number of hydrogen-bond donors (Lipinski definition) is 3. The Bertz CT molecular complexity index is 646. The number of ether oxygens (including phenoxy) is 1. The zero-order chi connectivity index (χ0) is 17.4. The maximum absolute atomic E-state index is 12.1. The molecule has 1 aromatic heterocycles. The topological polar surface area (TPSA) is 109 Å². The zero-order valence-electron chi connectivity index (χ0n) is 13.5. The second kappa shape index (κ2) is 8.97. The van der Waals surface area contributed by atoms with E-state index in [-0.39, 0.29) is 12.0 Å². The minimum absolute atomic E-state index is 0.148. The van der Waals surface area contributed by atoms with Crippen LogP contribution in [-0.2, 0) is 6.42 Å². The molecule has 0 aliphatic heterocycles.